The Hall–Kier alpha value is -2.73. The zero-order valence-electron chi connectivity index (χ0n) is 18.7. The molecule has 2 aromatic rings. The fraction of sp³-hybridized carbons (Fsp3) is 0.360. The van der Waals surface area contributed by atoms with Crippen molar-refractivity contribution in [3.05, 3.63) is 63.6 Å². The predicted molar refractivity (Wildman–Crippen MR) is 126 cm³/mol. The smallest absolute Gasteiger partial charge is 0.293 e. The first-order valence-electron chi connectivity index (χ1n) is 10.5. The number of rotatable bonds is 8. The summed E-state index contributed by atoms with van der Waals surface area (Å²) >= 11 is 0.974. The Morgan fingerprint density at radius 2 is 1.77 bits per heavy atom. The van der Waals surface area contributed by atoms with E-state index >= 15 is 0 Å². The summed E-state index contributed by atoms with van der Waals surface area (Å²) in [5.41, 5.74) is 4.16. The van der Waals surface area contributed by atoms with Crippen molar-refractivity contribution in [3.8, 4) is 11.5 Å². The fourth-order valence-corrected chi connectivity index (χ4v) is 4.18. The van der Waals surface area contributed by atoms with Crippen molar-refractivity contribution in [2.75, 3.05) is 19.8 Å². The summed E-state index contributed by atoms with van der Waals surface area (Å²) in [6, 6.07) is 11.7. The molecule has 0 radical (unpaired) electrons. The first kappa shape index (κ1) is 22.9. The van der Waals surface area contributed by atoms with E-state index in [2.05, 4.69) is 19.9 Å². The van der Waals surface area contributed by atoms with Gasteiger partial charge in [-0.05, 0) is 85.5 Å². The van der Waals surface area contributed by atoms with Crippen LogP contribution in [-0.4, -0.2) is 35.8 Å². The lowest BCUT2D eigenvalue weighted by molar-refractivity contribution is -0.123. The van der Waals surface area contributed by atoms with Crippen LogP contribution in [0.4, 0.5) is 4.79 Å². The molecule has 1 aliphatic heterocycles. The van der Waals surface area contributed by atoms with Gasteiger partial charge in [0.05, 0.1) is 18.1 Å². The number of amides is 2. The minimum atomic E-state index is -0.276. The third-order valence-corrected chi connectivity index (χ3v) is 5.99. The van der Waals surface area contributed by atoms with Gasteiger partial charge in [0, 0.05) is 0 Å². The van der Waals surface area contributed by atoms with Gasteiger partial charge in [-0.3, -0.25) is 14.5 Å². The summed E-state index contributed by atoms with van der Waals surface area (Å²) < 4.78 is 11.5. The average Bonchev–Trinajstić information content (AvgIpc) is 2.98. The van der Waals surface area contributed by atoms with Gasteiger partial charge in [-0.1, -0.05) is 31.5 Å². The molecule has 1 fully saturated rings. The average molecular weight is 440 g/mol. The highest BCUT2D eigenvalue weighted by Crippen LogP contribution is 2.35. The largest absolute Gasteiger partial charge is 0.494 e. The summed E-state index contributed by atoms with van der Waals surface area (Å²) in [7, 11) is 0. The normalized spacial score (nSPS) is 15.3. The summed E-state index contributed by atoms with van der Waals surface area (Å²) in [4.78, 5) is 26.9. The van der Waals surface area contributed by atoms with Crippen LogP contribution in [0.1, 0.15) is 48.9 Å². The minimum absolute atomic E-state index is 0.218. The number of hydrogen-bond acceptors (Lipinski definition) is 5. The number of carbonyl (C=O) groups excluding carboxylic acids is 2. The number of imide groups is 1. The zero-order chi connectivity index (χ0) is 22.5. The Balaban J connectivity index is 1.73. The molecule has 0 atom stereocenters. The van der Waals surface area contributed by atoms with E-state index in [-0.39, 0.29) is 30.2 Å². The van der Waals surface area contributed by atoms with Gasteiger partial charge in [0.15, 0.2) is 0 Å². The molecule has 5 nitrogen and oxygen atoms in total. The number of hydrogen-bond donors (Lipinski definition) is 0. The van der Waals surface area contributed by atoms with Crippen LogP contribution >= 0.6 is 11.8 Å². The molecule has 1 heterocycles. The molecule has 0 aliphatic carbocycles. The lowest BCUT2D eigenvalue weighted by atomic mass is 9.96. The van der Waals surface area contributed by atoms with Gasteiger partial charge < -0.3 is 9.47 Å². The molecule has 2 amide bonds. The topological polar surface area (TPSA) is 55.8 Å². The Labute approximate surface area is 188 Å². The van der Waals surface area contributed by atoms with Crippen molar-refractivity contribution in [1.29, 1.82) is 0 Å². The van der Waals surface area contributed by atoms with Crippen LogP contribution in [-0.2, 0) is 4.79 Å². The second-order valence-electron chi connectivity index (χ2n) is 7.83. The summed E-state index contributed by atoms with van der Waals surface area (Å²) in [5.74, 6) is 1.60. The van der Waals surface area contributed by atoms with Crippen molar-refractivity contribution in [2.24, 2.45) is 0 Å². The first-order valence-corrected chi connectivity index (χ1v) is 11.3. The predicted octanol–water partition coefficient (Wildman–Crippen LogP) is 5.94. The maximum absolute atomic E-state index is 12.8. The zero-order valence-corrected chi connectivity index (χ0v) is 19.5. The Morgan fingerprint density at radius 1 is 1.06 bits per heavy atom. The van der Waals surface area contributed by atoms with Gasteiger partial charge in [0.1, 0.15) is 18.1 Å². The van der Waals surface area contributed by atoms with E-state index in [4.69, 9.17) is 9.47 Å². The molecule has 0 bridgehead atoms. The number of nitrogens with zero attached hydrogens (tertiary/aromatic N) is 1. The van der Waals surface area contributed by atoms with Crippen LogP contribution in [0.2, 0.25) is 0 Å². The number of benzene rings is 2. The highest BCUT2D eigenvalue weighted by atomic mass is 32.2. The maximum atomic E-state index is 12.8. The molecular formula is C25H29NO4S. The quantitative estimate of drug-likeness (QED) is 0.476. The molecule has 1 saturated heterocycles. The van der Waals surface area contributed by atoms with Crippen LogP contribution < -0.4 is 9.47 Å². The molecular weight excluding hydrogens is 410 g/mol. The van der Waals surface area contributed by atoms with Gasteiger partial charge in [0.25, 0.3) is 11.1 Å². The fourth-order valence-electron chi connectivity index (χ4n) is 3.33. The molecule has 3 rings (SSSR count). The lowest BCUT2D eigenvalue weighted by Gasteiger charge is -2.16. The van der Waals surface area contributed by atoms with Gasteiger partial charge in [0.2, 0.25) is 0 Å². The van der Waals surface area contributed by atoms with Gasteiger partial charge in [-0.25, -0.2) is 0 Å². The van der Waals surface area contributed by atoms with Gasteiger partial charge in [-0.15, -0.1) is 0 Å². The Morgan fingerprint density at radius 3 is 2.42 bits per heavy atom. The number of thioether (sulfide) groups is 1. The van der Waals surface area contributed by atoms with E-state index < -0.39 is 0 Å². The number of aryl methyl sites for hydroxylation is 2. The monoisotopic (exact) mass is 439 g/mol. The standard InChI is InChI=1S/C25H29NO4S/c1-6-29-22-13-18(5)19(14-21(22)16(2)3)15-23-24(27)26(25(28)31-23)11-12-30-20-9-7-17(4)8-10-20/h7-10,13-16H,6,11-12H2,1-5H3/b23-15-. The molecule has 164 valence electrons. The highest BCUT2D eigenvalue weighted by Gasteiger charge is 2.35. The number of ether oxygens (including phenoxy) is 2. The number of carbonyl (C=O) groups is 2. The van der Waals surface area contributed by atoms with E-state index in [0.29, 0.717) is 11.5 Å². The molecule has 0 unspecified atom stereocenters. The van der Waals surface area contributed by atoms with Crippen LogP contribution in [0.3, 0.4) is 0 Å². The third-order valence-electron chi connectivity index (χ3n) is 5.09. The Kier molecular flexibility index (Phi) is 7.44. The van der Waals surface area contributed by atoms with Crippen LogP contribution in [0, 0.1) is 13.8 Å². The van der Waals surface area contributed by atoms with Crippen LogP contribution in [0.25, 0.3) is 6.08 Å². The lowest BCUT2D eigenvalue weighted by Crippen LogP contribution is -2.32. The summed E-state index contributed by atoms with van der Waals surface area (Å²) in [6.07, 6.45) is 1.81. The second kappa shape index (κ2) is 10.1. The highest BCUT2D eigenvalue weighted by molar-refractivity contribution is 8.18. The molecule has 0 saturated carbocycles. The van der Waals surface area contributed by atoms with Crippen molar-refractivity contribution >= 4 is 29.0 Å². The summed E-state index contributed by atoms with van der Waals surface area (Å²) in [6.45, 7) is 11.2. The van der Waals surface area contributed by atoms with Crippen LogP contribution in [0.15, 0.2) is 41.3 Å². The first-order chi connectivity index (χ1) is 14.8. The van der Waals surface area contributed by atoms with Gasteiger partial charge >= 0.3 is 0 Å². The molecule has 1 aliphatic rings. The molecule has 0 spiro atoms. The van der Waals surface area contributed by atoms with Crippen LogP contribution in [0.5, 0.6) is 11.5 Å². The van der Waals surface area contributed by atoms with E-state index in [1.54, 1.807) is 0 Å². The van der Waals surface area contributed by atoms with Crippen molar-refractivity contribution < 1.29 is 19.1 Å². The van der Waals surface area contributed by atoms with E-state index in [1.807, 2.05) is 57.2 Å². The third kappa shape index (κ3) is 5.50. The van der Waals surface area contributed by atoms with E-state index in [9.17, 15) is 9.59 Å². The SMILES string of the molecule is CCOc1cc(C)c(/C=C2\SC(=O)N(CCOc3ccc(C)cc3)C2=O)cc1C(C)C. The molecule has 31 heavy (non-hydrogen) atoms. The summed E-state index contributed by atoms with van der Waals surface area (Å²) in [5, 5.41) is -0.267. The molecule has 2 aromatic carbocycles. The van der Waals surface area contributed by atoms with Crippen molar-refractivity contribution in [1.82, 2.24) is 4.90 Å². The Bertz CT molecular complexity index is 995. The van der Waals surface area contributed by atoms with Crippen molar-refractivity contribution in [3.63, 3.8) is 0 Å². The van der Waals surface area contributed by atoms with Crippen molar-refractivity contribution in [2.45, 2.75) is 40.5 Å². The molecule has 0 N–H and O–H groups in total. The second-order valence-corrected chi connectivity index (χ2v) is 8.82. The molecule has 0 aromatic heterocycles. The van der Waals surface area contributed by atoms with E-state index in [0.717, 1.165) is 45.5 Å². The van der Waals surface area contributed by atoms with E-state index in [1.165, 1.54) is 4.90 Å². The maximum Gasteiger partial charge on any atom is 0.293 e. The molecule has 6 heteroatoms. The minimum Gasteiger partial charge on any atom is -0.494 e. The van der Waals surface area contributed by atoms with Gasteiger partial charge in [-0.2, -0.15) is 0 Å².